The number of benzene rings is 2. The van der Waals surface area contributed by atoms with Gasteiger partial charge in [0.2, 0.25) is 0 Å². The molecule has 5 nitrogen and oxygen atoms in total. The highest BCUT2D eigenvalue weighted by Gasteiger charge is 2.15. The summed E-state index contributed by atoms with van der Waals surface area (Å²) in [5.41, 5.74) is 4.01. The molecular formula is C20H19NO4. The first kappa shape index (κ1) is 16.8. The zero-order valence-corrected chi connectivity index (χ0v) is 14.3. The van der Waals surface area contributed by atoms with Crippen molar-refractivity contribution in [2.24, 2.45) is 0 Å². The zero-order valence-electron chi connectivity index (χ0n) is 14.3. The third-order valence-electron chi connectivity index (χ3n) is 4.28. The highest BCUT2D eigenvalue weighted by molar-refractivity contribution is 5.97. The van der Waals surface area contributed by atoms with Crippen LogP contribution in [0.25, 0.3) is 21.9 Å². The molecule has 0 spiro atoms. The van der Waals surface area contributed by atoms with Crippen molar-refractivity contribution in [1.29, 1.82) is 0 Å². The van der Waals surface area contributed by atoms with Gasteiger partial charge in [0.05, 0.1) is 5.39 Å². The Morgan fingerprint density at radius 3 is 2.44 bits per heavy atom. The van der Waals surface area contributed by atoms with Crippen LogP contribution >= 0.6 is 0 Å². The van der Waals surface area contributed by atoms with Crippen molar-refractivity contribution in [2.75, 3.05) is 0 Å². The van der Waals surface area contributed by atoms with E-state index in [4.69, 9.17) is 9.84 Å². The van der Waals surface area contributed by atoms with Gasteiger partial charge in [0.1, 0.15) is 5.75 Å². The van der Waals surface area contributed by atoms with E-state index in [1.807, 2.05) is 32.0 Å². The molecule has 0 aliphatic rings. The first-order chi connectivity index (χ1) is 11.9. The summed E-state index contributed by atoms with van der Waals surface area (Å²) in [6.07, 6.45) is 0.735. The number of carboxylic acid groups (broad SMARTS) is 1. The summed E-state index contributed by atoms with van der Waals surface area (Å²) < 4.78 is 5.38. The van der Waals surface area contributed by atoms with E-state index in [0.29, 0.717) is 11.1 Å². The Kier molecular flexibility index (Phi) is 4.31. The molecule has 25 heavy (non-hydrogen) atoms. The lowest BCUT2D eigenvalue weighted by Crippen LogP contribution is -2.22. The quantitative estimate of drug-likeness (QED) is 0.761. The smallest absolute Gasteiger partial charge is 0.344 e. The molecule has 128 valence electrons. The molecule has 0 saturated carbocycles. The fourth-order valence-electron chi connectivity index (χ4n) is 3.01. The second kappa shape index (κ2) is 6.43. The summed E-state index contributed by atoms with van der Waals surface area (Å²) in [5, 5.41) is 10.2. The lowest BCUT2D eigenvalue weighted by atomic mass is 9.93. The number of aromatic amines is 1. The van der Waals surface area contributed by atoms with Crippen molar-refractivity contribution in [1.82, 2.24) is 4.98 Å². The maximum absolute atomic E-state index is 12.3. The number of carboxylic acids is 1. The van der Waals surface area contributed by atoms with Crippen molar-refractivity contribution in [3.8, 4) is 16.9 Å². The fraction of sp³-hybridized carbons (Fsp3) is 0.200. The predicted octanol–water partition coefficient (Wildman–Crippen LogP) is 3.66. The van der Waals surface area contributed by atoms with E-state index in [2.05, 4.69) is 4.98 Å². The summed E-state index contributed by atoms with van der Waals surface area (Å²) in [6.45, 7) is 5.51. The summed E-state index contributed by atoms with van der Waals surface area (Å²) in [7, 11) is 0. The van der Waals surface area contributed by atoms with Crippen LogP contribution in [0.2, 0.25) is 0 Å². The minimum atomic E-state index is -1.06. The highest BCUT2D eigenvalue weighted by Crippen LogP contribution is 2.32. The average Bonchev–Trinajstić information content (AvgIpc) is 2.56. The molecule has 0 saturated heterocycles. The van der Waals surface area contributed by atoms with E-state index in [1.165, 1.54) is 6.92 Å². The van der Waals surface area contributed by atoms with E-state index in [9.17, 15) is 9.59 Å². The molecule has 1 heterocycles. The van der Waals surface area contributed by atoms with Gasteiger partial charge in [-0.1, -0.05) is 18.2 Å². The molecule has 3 aromatic rings. The molecule has 0 bridgehead atoms. The van der Waals surface area contributed by atoms with Gasteiger partial charge in [0.15, 0.2) is 6.10 Å². The molecular weight excluding hydrogens is 318 g/mol. The topological polar surface area (TPSA) is 79.4 Å². The van der Waals surface area contributed by atoms with Crippen molar-refractivity contribution in [3.05, 3.63) is 64.1 Å². The SMILES string of the molecule is Cc1cccc(C)c1-c1c[nH]c(=O)c2cc(O[C@H](C)C(=O)O)ccc12. The Hall–Kier alpha value is -3.08. The summed E-state index contributed by atoms with van der Waals surface area (Å²) in [4.78, 5) is 26.0. The molecule has 5 heteroatoms. The molecule has 0 fully saturated rings. The predicted molar refractivity (Wildman–Crippen MR) is 97.2 cm³/mol. The monoisotopic (exact) mass is 337 g/mol. The molecule has 0 unspecified atom stereocenters. The van der Waals surface area contributed by atoms with Crippen LogP contribution in [-0.2, 0) is 4.79 Å². The molecule has 0 radical (unpaired) electrons. The van der Waals surface area contributed by atoms with E-state index >= 15 is 0 Å². The largest absolute Gasteiger partial charge is 0.479 e. The Bertz CT molecular complexity index is 1000. The lowest BCUT2D eigenvalue weighted by Gasteiger charge is -2.14. The van der Waals surface area contributed by atoms with Gasteiger partial charge in [-0.25, -0.2) is 4.79 Å². The lowest BCUT2D eigenvalue weighted by molar-refractivity contribution is -0.144. The number of H-pyrrole nitrogens is 1. The average molecular weight is 337 g/mol. The van der Waals surface area contributed by atoms with Crippen LogP contribution in [-0.4, -0.2) is 22.2 Å². The number of ether oxygens (including phenoxy) is 1. The molecule has 0 aliphatic heterocycles. The van der Waals surface area contributed by atoms with Crippen LogP contribution < -0.4 is 10.3 Å². The first-order valence-corrected chi connectivity index (χ1v) is 8.00. The van der Waals surface area contributed by atoms with E-state index in [1.54, 1.807) is 24.4 Å². The Labute approximate surface area is 144 Å². The summed E-state index contributed by atoms with van der Waals surface area (Å²) in [5.74, 6) is -0.704. The number of carbonyl (C=O) groups is 1. The molecule has 3 rings (SSSR count). The minimum Gasteiger partial charge on any atom is -0.479 e. The summed E-state index contributed by atoms with van der Waals surface area (Å²) >= 11 is 0. The second-order valence-electron chi connectivity index (χ2n) is 6.10. The van der Waals surface area contributed by atoms with Crippen molar-refractivity contribution in [3.63, 3.8) is 0 Å². The molecule has 0 amide bonds. The van der Waals surface area contributed by atoms with Crippen LogP contribution in [0, 0.1) is 13.8 Å². The van der Waals surface area contributed by atoms with E-state index < -0.39 is 12.1 Å². The van der Waals surface area contributed by atoms with Crippen molar-refractivity contribution < 1.29 is 14.6 Å². The van der Waals surface area contributed by atoms with Crippen LogP contribution in [0.3, 0.4) is 0 Å². The Balaban J connectivity index is 2.19. The number of nitrogens with one attached hydrogen (secondary N) is 1. The number of rotatable bonds is 4. The van der Waals surface area contributed by atoms with Gasteiger partial charge < -0.3 is 14.8 Å². The van der Waals surface area contributed by atoms with Crippen molar-refractivity contribution >= 4 is 16.7 Å². The normalized spacial score (nSPS) is 12.1. The molecule has 0 aliphatic carbocycles. The molecule has 2 aromatic carbocycles. The number of hydrogen-bond acceptors (Lipinski definition) is 3. The highest BCUT2D eigenvalue weighted by atomic mass is 16.5. The standard InChI is InChI=1S/C20H19NO4/c1-11-5-4-6-12(2)18(11)17-10-21-19(22)16-9-14(7-8-15(16)17)25-13(3)20(23)24/h4-10,13H,1-3H3,(H,21,22)(H,23,24)/t13-/m1/s1. The Morgan fingerprint density at radius 2 is 1.80 bits per heavy atom. The Morgan fingerprint density at radius 1 is 1.12 bits per heavy atom. The van der Waals surface area contributed by atoms with Crippen LogP contribution in [0.5, 0.6) is 5.75 Å². The van der Waals surface area contributed by atoms with Gasteiger partial charge in [-0.15, -0.1) is 0 Å². The van der Waals surface area contributed by atoms with E-state index in [-0.39, 0.29) is 5.56 Å². The number of aliphatic carboxylic acids is 1. The molecule has 1 atom stereocenters. The van der Waals surface area contributed by atoms with Crippen LogP contribution in [0.1, 0.15) is 18.1 Å². The van der Waals surface area contributed by atoms with Crippen molar-refractivity contribution in [2.45, 2.75) is 26.9 Å². The second-order valence-corrected chi connectivity index (χ2v) is 6.10. The fourth-order valence-corrected chi connectivity index (χ4v) is 3.01. The van der Waals surface area contributed by atoms with Gasteiger partial charge in [-0.3, -0.25) is 4.79 Å². The number of hydrogen-bond donors (Lipinski definition) is 2. The number of aromatic nitrogens is 1. The summed E-state index contributed by atoms with van der Waals surface area (Å²) in [6, 6.07) is 11.1. The number of fused-ring (bicyclic) bond motifs is 1. The third kappa shape index (κ3) is 3.13. The van der Waals surface area contributed by atoms with Crippen LogP contribution in [0.4, 0.5) is 0 Å². The van der Waals surface area contributed by atoms with Gasteiger partial charge in [0, 0.05) is 11.8 Å². The number of aryl methyl sites for hydroxylation is 2. The third-order valence-corrected chi connectivity index (χ3v) is 4.28. The maximum Gasteiger partial charge on any atom is 0.344 e. The maximum atomic E-state index is 12.3. The van der Waals surface area contributed by atoms with Gasteiger partial charge in [0.25, 0.3) is 5.56 Å². The zero-order chi connectivity index (χ0) is 18.1. The molecule has 2 N–H and O–H groups in total. The van der Waals surface area contributed by atoms with Gasteiger partial charge in [-0.05, 0) is 61.0 Å². The van der Waals surface area contributed by atoms with Gasteiger partial charge >= 0.3 is 5.97 Å². The molecule has 1 aromatic heterocycles. The van der Waals surface area contributed by atoms with Gasteiger partial charge in [-0.2, -0.15) is 0 Å². The number of pyridine rings is 1. The van der Waals surface area contributed by atoms with Crippen LogP contribution in [0.15, 0.2) is 47.4 Å². The van der Waals surface area contributed by atoms with E-state index in [0.717, 1.165) is 27.6 Å². The minimum absolute atomic E-state index is 0.238. The first-order valence-electron chi connectivity index (χ1n) is 8.00.